The molecule has 2 amide bonds. The molecule has 14 nitrogen and oxygen atoms in total. The summed E-state index contributed by atoms with van der Waals surface area (Å²) in [6, 6.07) is 33.1. The minimum atomic E-state index is -1.07. The van der Waals surface area contributed by atoms with E-state index < -0.39 is 30.2 Å². The van der Waals surface area contributed by atoms with Crippen LogP contribution in [0.15, 0.2) is 103 Å². The number of aliphatic carboxylic acids is 1. The Labute approximate surface area is 444 Å². The Morgan fingerprint density at radius 2 is 1.04 bits per heavy atom. The summed E-state index contributed by atoms with van der Waals surface area (Å²) < 4.78 is 31.4. The van der Waals surface area contributed by atoms with Gasteiger partial charge in [-0.25, -0.2) is 19.2 Å². The van der Waals surface area contributed by atoms with Crippen molar-refractivity contribution in [3.63, 3.8) is 0 Å². The summed E-state index contributed by atoms with van der Waals surface area (Å²) in [5, 5.41) is 21.6. The third kappa shape index (κ3) is 9.17. The number of carboxylic acids is 1. The first-order valence-electron chi connectivity index (χ1n) is 25.2. The Hall–Kier alpha value is -8.91. The number of methoxy groups -OCH3 is 4. The maximum absolute atomic E-state index is 13.3. The van der Waals surface area contributed by atoms with Gasteiger partial charge in [0.25, 0.3) is 0 Å². The number of ether oxygens (including phenoxy) is 6. The fourth-order valence-electron chi connectivity index (χ4n) is 11.2. The molecule has 77 heavy (non-hydrogen) atoms. The molecule has 0 saturated carbocycles. The Morgan fingerprint density at radius 1 is 0.545 bits per heavy atom. The molecule has 12 rings (SSSR count). The average Bonchev–Trinajstić information content (AvgIpc) is 4.08. The molecule has 0 bridgehead atoms. The van der Waals surface area contributed by atoms with Crippen molar-refractivity contribution >= 4 is 94.5 Å². The van der Waals surface area contributed by atoms with Crippen LogP contribution in [-0.2, 0) is 32.1 Å². The van der Waals surface area contributed by atoms with Crippen molar-refractivity contribution in [2.45, 2.75) is 66.7 Å². The number of esters is 1. The number of Topliss-reactive ketones (excluding diaryl/α,β-unsaturated/α-hetero) is 1. The second-order valence-electron chi connectivity index (χ2n) is 20.0. The number of ketones is 1. The molecule has 0 aliphatic carbocycles. The van der Waals surface area contributed by atoms with E-state index in [2.05, 4.69) is 49.4 Å². The molecule has 9 aromatic carbocycles. The van der Waals surface area contributed by atoms with Crippen LogP contribution >= 0.6 is 0 Å². The zero-order valence-corrected chi connectivity index (χ0v) is 44.6. The zero-order valence-electron chi connectivity index (χ0n) is 44.6. The number of hydrogen-bond acceptors (Lipinski definition) is 11. The van der Waals surface area contributed by atoms with Crippen LogP contribution in [0.25, 0.3) is 64.6 Å². The first-order chi connectivity index (χ1) is 36.9. The number of benzene rings is 9. The lowest BCUT2D eigenvalue weighted by Crippen LogP contribution is -2.43. The normalized spacial score (nSPS) is 15.7. The molecule has 2 fully saturated rings. The van der Waals surface area contributed by atoms with Crippen molar-refractivity contribution in [3.05, 3.63) is 159 Å². The summed E-state index contributed by atoms with van der Waals surface area (Å²) in [6.45, 7) is 12.7. The molecule has 1 N–H and O–H groups in total. The van der Waals surface area contributed by atoms with Gasteiger partial charge in [-0.05, 0) is 183 Å². The highest BCUT2D eigenvalue weighted by Gasteiger charge is 2.44. The largest absolute Gasteiger partial charge is 0.496 e. The Balaban J connectivity index is 0.000000132. The number of amides is 2. The van der Waals surface area contributed by atoms with Gasteiger partial charge in [0, 0.05) is 5.56 Å². The van der Waals surface area contributed by atoms with Crippen LogP contribution < -0.4 is 14.2 Å². The molecule has 0 radical (unpaired) electrons. The Morgan fingerprint density at radius 3 is 1.61 bits per heavy atom. The van der Waals surface area contributed by atoms with Crippen LogP contribution in [0.2, 0.25) is 0 Å². The average molecular weight is 1040 g/mol. The maximum atomic E-state index is 13.3. The minimum Gasteiger partial charge on any atom is -0.496 e. The molecule has 0 aromatic heterocycles. The lowest BCUT2D eigenvalue weighted by Gasteiger charge is -2.30. The molecule has 0 unspecified atom stereocenters. The number of fused-ring (bicyclic) bond motifs is 13. The number of nitrogens with zero attached hydrogens (tertiary/aromatic N) is 2. The van der Waals surface area contributed by atoms with Gasteiger partial charge in [0.1, 0.15) is 36.5 Å². The Kier molecular flexibility index (Phi) is 13.6. The SMILES string of the molecule is COC(=O)c1cc2cc(OC)c(C)cc2c2cc(C)ccc12.COc1cc2c3c(c4ccc(C)cc4c2cc1C)CN1C(=O)OC[C@@H]1C3=O.COc1cc2cc(CN3C(=O)OC[C@@H]3C(=O)O)c3ccc(C)cc3c2cc1C. The fraction of sp³-hybridized carbons (Fsp3) is 0.254. The van der Waals surface area contributed by atoms with Gasteiger partial charge in [0.05, 0.1) is 47.1 Å². The topological polar surface area (TPSA) is 167 Å². The molecule has 14 heteroatoms. The molecule has 2 atom stereocenters. The van der Waals surface area contributed by atoms with Gasteiger partial charge in [0.15, 0.2) is 11.8 Å². The number of carbonyl (C=O) groups is 5. The summed E-state index contributed by atoms with van der Waals surface area (Å²) in [4.78, 5) is 64.0. The second kappa shape index (κ2) is 20.3. The van der Waals surface area contributed by atoms with Crippen molar-refractivity contribution in [2.75, 3.05) is 41.7 Å². The number of carboxylic acid groups (broad SMARTS) is 1. The smallest absolute Gasteiger partial charge is 0.411 e. The highest BCUT2D eigenvalue weighted by molar-refractivity contribution is 6.23. The van der Waals surface area contributed by atoms with Crippen LogP contribution in [0.5, 0.6) is 17.2 Å². The first kappa shape index (κ1) is 51.6. The molecule has 3 aliphatic heterocycles. The first-order valence-corrected chi connectivity index (χ1v) is 25.2. The molecular weight excluding hydrogens is 977 g/mol. The lowest BCUT2D eigenvalue weighted by molar-refractivity contribution is -0.141. The van der Waals surface area contributed by atoms with Crippen molar-refractivity contribution in [2.24, 2.45) is 0 Å². The van der Waals surface area contributed by atoms with Crippen molar-refractivity contribution in [1.29, 1.82) is 0 Å². The molecular formula is C63H58N2O12. The summed E-state index contributed by atoms with van der Waals surface area (Å²) >= 11 is 0. The van der Waals surface area contributed by atoms with Crippen LogP contribution in [-0.4, -0.2) is 98.6 Å². The minimum absolute atomic E-state index is 0.0551. The lowest BCUT2D eigenvalue weighted by atomic mass is 9.84. The van der Waals surface area contributed by atoms with E-state index in [4.69, 9.17) is 28.4 Å². The standard InChI is InChI=1S/C22H21NO5.C22H19NO4.C19H18O3/c1-12-4-5-16-15(10-23-19(21(24)25)11-28-22(23)26)8-14-9-20(27-3)13(2)7-17(14)18(16)6-12;1-11-4-5-13-14(6-11)15-7-12(2)19(26-3)8-16(15)20-17(13)9-23-18(21(20)24)10-27-22(23)25;1-11-5-6-14-16(7-11)15-8-12(2)18(21-3)10-13(15)9-17(14)19(20)22-4/h4-9,19H,10-11H2,1-3H3,(H,24,25);4-8,18H,9-10H2,1-3H3;5-10H,1-4H3/t19-;18-;/m11./s1. The molecule has 2 saturated heterocycles. The quantitative estimate of drug-likeness (QED) is 0.0913. The zero-order chi connectivity index (χ0) is 54.7. The van der Waals surface area contributed by atoms with E-state index >= 15 is 0 Å². The number of hydrogen-bond donors (Lipinski definition) is 1. The predicted molar refractivity (Wildman–Crippen MR) is 297 cm³/mol. The molecule has 9 aromatic rings. The molecule has 3 aliphatic rings. The van der Waals surface area contributed by atoms with Crippen molar-refractivity contribution < 1.29 is 57.5 Å². The van der Waals surface area contributed by atoms with E-state index in [0.29, 0.717) is 17.7 Å². The number of carbonyl (C=O) groups excluding carboxylic acids is 4. The molecule has 392 valence electrons. The van der Waals surface area contributed by atoms with E-state index in [9.17, 15) is 29.1 Å². The van der Waals surface area contributed by atoms with E-state index in [1.807, 2.05) is 95.3 Å². The number of rotatable bonds is 7. The van der Waals surface area contributed by atoms with Gasteiger partial charge >= 0.3 is 24.1 Å². The van der Waals surface area contributed by atoms with E-state index in [0.717, 1.165) is 126 Å². The van der Waals surface area contributed by atoms with Gasteiger partial charge in [-0.15, -0.1) is 0 Å². The van der Waals surface area contributed by atoms with Gasteiger partial charge in [0.2, 0.25) is 0 Å². The van der Waals surface area contributed by atoms with E-state index in [-0.39, 0.29) is 31.5 Å². The molecule has 0 spiro atoms. The number of aryl methyl sites for hydroxylation is 6. The number of cyclic esters (lactones) is 2. The summed E-state index contributed by atoms with van der Waals surface area (Å²) in [7, 11) is 6.33. The van der Waals surface area contributed by atoms with Gasteiger partial charge in [-0.1, -0.05) is 71.3 Å². The molecule has 3 heterocycles. The summed E-state index contributed by atoms with van der Waals surface area (Å²) in [5.41, 5.74) is 9.61. The van der Waals surface area contributed by atoms with Crippen molar-refractivity contribution in [3.8, 4) is 17.2 Å². The van der Waals surface area contributed by atoms with E-state index in [1.54, 1.807) is 26.2 Å². The highest BCUT2D eigenvalue weighted by atomic mass is 16.6. The van der Waals surface area contributed by atoms with Crippen LogP contribution in [0.1, 0.15) is 65.2 Å². The van der Waals surface area contributed by atoms with Gasteiger partial charge in [-0.2, -0.15) is 0 Å². The van der Waals surface area contributed by atoms with Crippen LogP contribution in [0.3, 0.4) is 0 Å². The summed E-state index contributed by atoms with van der Waals surface area (Å²) in [5.74, 6) is 0.912. The fourth-order valence-corrected chi connectivity index (χ4v) is 11.2. The summed E-state index contributed by atoms with van der Waals surface area (Å²) in [6.07, 6.45) is -1.02. The second-order valence-corrected chi connectivity index (χ2v) is 20.0. The Bertz CT molecular complexity index is 3990. The predicted octanol–water partition coefficient (Wildman–Crippen LogP) is 12.6. The highest BCUT2D eigenvalue weighted by Crippen LogP contribution is 2.42. The monoisotopic (exact) mass is 1030 g/mol. The maximum Gasteiger partial charge on any atom is 0.411 e. The van der Waals surface area contributed by atoms with Gasteiger partial charge < -0.3 is 33.5 Å². The third-order valence-corrected chi connectivity index (χ3v) is 15.1. The van der Waals surface area contributed by atoms with Crippen LogP contribution in [0.4, 0.5) is 9.59 Å². The third-order valence-electron chi connectivity index (χ3n) is 15.1. The van der Waals surface area contributed by atoms with Crippen molar-refractivity contribution in [1.82, 2.24) is 9.80 Å². The van der Waals surface area contributed by atoms with E-state index in [1.165, 1.54) is 12.0 Å². The van der Waals surface area contributed by atoms with Crippen LogP contribution in [0, 0.1) is 41.5 Å². The van der Waals surface area contributed by atoms with Gasteiger partial charge in [-0.3, -0.25) is 14.6 Å².